The summed E-state index contributed by atoms with van der Waals surface area (Å²) >= 11 is 4.97. The minimum atomic E-state index is -0.408. The Balaban J connectivity index is 2.21. The lowest BCUT2D eigenvalue weighted by Crippen LogP contribution is -2.05. The van der Waals surface area contributed by atoms with Gasteiger partial charge < -0.3 is 5.32 Å². The maximum absolute atomic E-state index is 11.0. The molecule has 0 aliphatic heterocycles. The number of thiophene rings is 1. The molecule has 0 fully saturated rings. The lowest BCUT2D eigenvalue weighted by molar-refractivity contribution is -0.384. The average molecular weight is 331 g/mol. The summed E-state index contributed by atoms with van der Waals surface area (Å²) in [4.78, 5) is 11.7. The van der Waals surface area contributed by atoms with Gasteiger partial charge in [-0.2, -0.15) is 5.10 Å². The Hall–Kier alpha value is -1.41. The van der Waals surface area contributed by atoms with E-state index in [2.05, 4.69) is 26.3 Å². The standard InChI is InChI=1S/C10H11BrN4O2S/c1-6-9(15(16)17)10(14(2)13-6)12-5-7-3-4-8(11)18-7/h3-4,12H,5H2,1-2H3. The lowest BCUT2D eigenvalue weighted by atomic mass is 10.3. The van der Waals surface area contributed by atoms with E-state index in [-0.39, 0.29) is 5.69 Å². The highest BCUT2D eigenvalue weighted by molar-refractivity contribution is 9.11. The van der Waals surface area contributed by atoms with E-state index in [1.54, 1.807) is 25.3 Å². The van der Waals surface area contributed by atoms with E-state index >= 15 is 0 Å². The molecular weight excluding hydrogens is 320 g/mol. The van der Waals surface area contributed by atoms with Crippen molar-refractivity contribution < 1.29 is 4.92 Å². The van der Waals surface area contributed by atoms with Crippen LogP contribution >= 0.6 is 27.3 Å². The van der Waals surface area contributed by atoms with E-state index < -0.39 is 4.92 Å². The number of aromatic nitrogens is 2. The van der Waals surface area contributed by atoms with Crippen LogP contribution in [0.15, 0.2) is 15.9 Å². The van der Waals surface area contributed by atoms with Gasteiger partial charge in [0.2, 0.25) is 5.82 Å². The topological polar surface area (TPSA) is 73.0 Å². The average Bonchev–Trinajstić information content (AvgIpc) is 2.79. The first-order chi connectivity index (χ1) is 8.49. The third-order valence-corrected chi connectivity index (χ3v) is 4.06. The van der Waals surface area contributed by atoms with Gasteiger partial charge in [-0.05, 0) is 35.0 Å². The monoisotopic (exact) mass is 330 g/mol. The first-order valence-electron chi connectivity index (χ1n) is 5.15. The second-order valence-corrected chi connectivity index (χ2v) is 6.27. The van der Waals surface area contributed by atoms with Crippen LogP contribution in [0.25, 0.3) is 0 Å². The Kier molecular flexibility index (Phi) is 3.67. The van der Waals surface area contributed by atoms with Crippen LogP contribution in [-0.4, -0.2) is 14.7 Å². The van der Waals surface area contributed by atoms with Gasteiger partial charge in [-0.1, -0.05) is 0 Å². The summed E-state index contributed by atoms with van der Waals surface area (Å²) in [5.41, 5.74) is 0.450. The number of anilines is 1. The SMILES string of the molecule is Cc1nn(C)c(NCc2ccc(Br)s2)c1[N+](=O)[O-]. The zero-order valence-corrected chi connectivity index (χ0v) is 12.2. The number of rotatable bonds is 4. The molecule has 2 heterocycles. The fraction of sp³-hybridized carbons (Fsp3) is 0.300. The molecule has 0 aromatic carbocycles. The van der Waals surface area contributed by atoms with E-state index in [9.17, 15) is 10.1 Å². The molecular formula is C10H11BrN4O2S. The van der Waals surface area contributed by atoms with Gasteiger partial charge in [-0.25, -0.2) is 4.68 Å². The van der Waals surface area contributed by atoms with Crippen molar-refractivity contribution >= 4 is 38.8 Å². The van der Waals surface area contributed by atoms with Crippen molar-refractivity contribution in [3.8, 4) is 0 Å². The molecule has 18 heavy (non-hydrogen) atoms. The fourth-order valence-corrected chi connectivity index (χ4v) is 3.10. The molecule has 0 aliphatic rings. The molecule has 2 aromatic rings. The first kappa shape index (κ1) is 13.0. The van der Waals surface area contributed by atoms with E-state index in [1.807, 2.05) is 12.1 Å². The summed E-state index contributed by atoms with van der Waals surface area (Å²) in [6, 6.07) is 3.92. The molecule has 0 radical (unpaired) electrons. The number of hydrogen-bond donors (Lipinski definition) is 1. The van der Waals surface area contributed by atoms with E-state index in [4.69, 9.17) is 0 Å². The van der Waals surface area contributed by atoms with Crippen LogP contribution in [0.5, 0.6) is 0 Å². The Morgan fingerprint density at radius 1 is 1.61 bits per heavy atom. The molecule has 8 heteroatoms. The summed E-state index contributed by atoms with van der Waals surface area (Å²) in [5, 5.41) is 18.1. The van der Waals surface area contributed by atoms with E-state index in [0.29, 0.717) is 18.1 Å². The van der Waals surface area contributed by atoms with Gasteiger partial charge in [-0.15, -0.1) is 11.3 Å². The molecule has 0 saturated heterocycles. The molecule has 2 rings (SSSR count). The van der Waals surface area contributed by atoms with Crippen molar-refractivity contribution in [3.05, 3.63) is 36.6 Å². The smallest absolute Gasteiger partial charge is 0.333 e. The van der Waals surface area contributed by atoms with Crippen molar-refractivity contribution in [1.82, 2.24) is 9.78 Å². The van der Waals surface area contributed by atoms with Crippen LogP contribution in [0.4, 0.5) is 11.5 Å². The van der Waals surface area contributed by atoms with Gasteiger partial charge in [0.15, 0.2) is 0 Å². The van der Waals surface area contributed by atoms with Gasteiger partial charge in [0, 0.05) is 11.9 Å². The quantitative estimate of drug-likeness (QED) is 0.690. The molecule has 0 amide bonds. The normalized spacial score (nSPS) is 10.6. The number of hydrogen-bond acceptors (Lipinski definition) is 5. The zero-order valence-electron chi connectivity index (χ0n) is 9.81. The predicted octanol–water partition coefficient (Wildman–Crippen LogP) is 3.07. The highest BCUT2D eigenvalue weighted by Crippen LogP contribution is 2.29. The Labute approximate surface area is 116 Å². The molecule has 0 atom stereocenters. The number of aryl methyl sites for hydroxylation is 2. The van der Waals surface area contributed by atoms with Crippen molar-refractivity contribution in [1.29, 1.82) is 0 Å². The first-order valence-corrected chi connectivity index (χ1v) is 6.76. The summed E-state index contributed by atoms with van der Waals surface area (Å²) < 4.78 is 2.53. The van der Waals surface area contributed by atoms with Gasteiger partial charge in [-0.3, -0.25) is 10.1 Å². The highest BCUT2D eigenvalue weighted by atomic mass is 79.9. The van der Waals surface area contributed by atoms with Crippen LogP contribution in [0.1, 0.15) is 10.6 Å². The fourth-order valence-electron chi connectivity index (χ4n) is 1.68. The van der Waals surface area contributed by atoms with Crippen molar-refractivity contribution in [2.75, 3.05) is 5.32 Å². The van der Waals surface area contributed by atoms with Crippen molar-refractivity contribution in [3.63, 3.8) is 0 Å². The van der Waals surface area contributed by atoms with E-state index in [0.717, 1.165) is 8.66 Å². The summed E-state index contributed by atoms with van der Waals surface area (Å²) in [6.45, 7) is 2.17. The van der Waals surface area contributed by atoms with E-state index in [1.165, 1.54) is 4.68 Å². The molecule has 0 aliphatic carbocycles. The molecule has 0 unspecified atom stereocenters. The third-order valence-electron chi connectivity index (χ3n) is 2.43. The minimum absolute atomic E-state index is 0.0353. The Morgan fingerprint density at radius 2 is 2.33 bits per heavy atom. The van der Waals surface area contributed by atoms with Crippen molar-refractivity contribution in [2.24, 2.45) is 7.05 Å². The summed E-state index contributed by atoms with van der Waals surface area (Å²) in [6.07, 6.45) is 0. The number of nitrogens with zero attached hydrogens (tertiary/aromatic N) is 3. The molecule has 0 saturated carbocycles. The second-order valence-electron chi connectivity index (χ2n) is 3.72. The number of nitro groups is 1. The van der Waals surface area contributed by atoms with Crippen LogP contribution in [0.3, 0.4) is 0 Å². The zero-order chi connectivity index (χ0) is 13.3. The predicted molar refractivity (Wildman–Crippen MR) is 73.9 cm³/mol. The Bertz CT molecular complexity index is 593. The van der Waals surface area contributed by atoms with Gasteiger partial charge in [0.05, 0.1) is 15.3 Å². The summed E-state index contributed by atoms with van der Waals surface area (Å²) in [7, 11) is 1.69. The van der Waals surface area contributed by atoms with Crippen LogP contribution in [0, 0.1) is 17.0 Å². The number of halogens is 1. The molecule has 96 valence electrons. The largest absolute Gasteiger partial charge is 0.360 e. The molecule has 0 spiro atoms. The van der Waals surface area contributed by atoms with Crippen LogP contribution in [0.2, 0.25) is 0 Å². The van der Waals surface area contributed by atoms with Gasteiger partial charge in [0.25, 0.3) is 0 Å². The number of nitrogens with one attached hydrogen (secondary N) is 1. The summed E-state index contributed by atoms with van der Waals surface area (Å²) in [5.74, 6) is 0.432. The van der Waals surface area contributed by atoms with Gasteiger partial charge >= 0.3 is 5.69 Å². The lowest BCUT2D eigenvalue weighted by Gasteiger charge is -2.04. The minimum Gasteiger partial charge on any atom is -0.360 e. The maximum atomic E-state index is 11.0. The maximum Gasteiger partial charge on any atom is 0.333 e. The van der Waals surface area contributed by atoms with Crippen molar-refractivity contribution in [2.45, 2.75) is 13.5 Å². The molecule has 0 bridgehead atoms. The Morgan fingerprint density at radius 3 is 2.89 bits per heavy atom. The van der Waals surface area contributed by atoms with Gasteiger partial charge in [0.1, 0.15) is 5.69 Å². The molecule has 2 aromatic heterocycles. The molecule has 1 N–H and O–H groups in total. The van der Waals surface area contributed by atoms with Crippen LogP contribution < -0.4 is 5.32 Å². The third kappa shape index (κ3) is 2.54. The highest BCUT2D eigenvalue weighted by Gasteiger charge is 2.23. The van der Waals surface area contributed by atoms with Crippen LogP contribution in [-0.2, 0) is 13.6 Å². The second kappa shape index (κ2) is 5.07. The molecule has 6 nitrogen and oxygen atoms in total.